The summed E-state index contributed by atoms with van der Waals surface area (Å²) in [6.45, 7) is 0.742. The monoisotopic (exact) mass is 508 g/mol. The Morgan fingerprint density at radius 1 is 0.676 bits per heavy atom. The summed E-state index contributed by atoms with van der Waals surface area (Å²) in [5.74, 6) is 1.53. The van der Waals surface area contributed by atoms with E-state index in [1.54, 1.807) is 14.2 Å². The molecule has 37 heavy (non-hydrogen) atoms. The van der Waals surface area contributed by atoms with Crippen molar-refractivity contribution < 1.29 is 24.8 Å². The molecule has 3 aliphatic rings. The maximum atomic E-state index is 11.3. The Labute approximate surface area is 221 Å². The van der Waals surface area contributed by atoms with Crippen LogP contribution in [-0.2, 0) is 28.1 Å². The van der Waals surface area contributed by atoms with Gasteiger partial charge in [0.1, 0.15) is 11.5 Å². The summed E-state index contributed by atoms with van der Waals surface area (Å²) >= 11 is 0. The van der Waals surface area contributed by atoms with Crippen LogP contribution in [0.4, 0.5) is 0 Å². The Bertz CT molecular complexity index is 996. The normalized spacial score (nSPS) is 21.2. The van der Waals surface area contributed by atoms with Crippen LogP contribution in [0.1, 0.15) is 122 Å². The number of aliphatic hydroxyl groups is 1. The van der Waals surface area contributed by atoms with Crippen molar-refractivity contribution in [1.82, 2.24) is 0 Å². The molecule has 0 aromatic heterocycles. The quantitative estimate of drug-likeness (QED) is 0.360. The minimum Gasteiger partial charge on any atom is -0.507 e. The van der Waals surface area contributed by atoms with Gasteiger partial charge in [0, 0.05) is 30.8 Å². The predicted molar refractivity (Wildman–Crippen MR) is 145 cm³/mol. The number of aliphatic hydroxyl groups excluding tert-OH is 1. The van der Waals surface area contributed by atoms with E-state index in [0.29, 0.717) is 36.5 Å². The van der Waals surface area contributed by atoms with Crippen molar-refractivity contribution in [1.29, 1.82) is 0 Å². The number of hydrogen-bond acceptors (Lipinski definition) is 5. The summed E-state index contributed by atoms with van der Waals surface area (Å²) in [5, 5.41) is 33.1. The molecule has 3 N–H and O–H groups in total. The van der Waals surface area contributed by atoms with Gasteiger partial charge in [-0.05, 0) is 97.6 Å². The number of methoxy groups -OCH3 is 2. The highest BCUT2D eigenvalue weighted by Crippen LogP contribution is 2.51. The van der Waals surface area contributed by atoms with Gasteiger partial charge in [0.25, 0.3) is 0 Å². The van der Waals surface area contributed by atoms with Gasteiger partial charge in [-0.25, -0.2) is 0 Å². The van der Waals surface area contributed by atoms with E-state index in [0.717, 1.165) is 73.6 Å². The molecule has 0 spiro atoms. The lowest BCUT2D eigenvalue weighted by Crippen LogP contribution is -2.35. The van der Waals surface area contributed by atoms with Crippen LogP contribution < -0.4 is 0 Å². The summed E-state index contributed by atoms with van der Waals surface area (Å²) in [5.41, 5.74) is 5.92. The maximum Gasteiger partial charge on any atom is 0.124 e. The first kappa shape index (κ1) is 26.5. The third kappa shape index (κ3) is 5.15. The van der Waals surface area contributed by atoms with E-state index < -0.39 is 0 Å². The van der Waals surface area contributed by atoms with Crippen LogP contribution in [0, 0.1) is 0 Å². The molecule has 0 saturated heterocycles. The largest absolute Gasteiger partial charge is 0.507 e. The number of benzene rings is 2. The van der Waals surface area contributed by atoms with E-state index in [9.17, 15) is 15.3 Å². The highest BCUT2D eigenvalue weighted by molar-refractivity contribution is 5.55. The first-order valence-corrected chi connectivity index (χ1v) is 14.3. The molecule has 5 rings (SSSR count). The minimum absolute atomic E-state index is 0.289. The van der Waals surface area contributed by atoms with Gasteiger partial charge >= 0.3 is 0 Å². The summed E-state index contributed by atoms with van der Waals surface area (Å²) in [6, 6.07) is 8.82. The number of hydrogen-bond donors (Lipinski definition) is 3. The Hall–Kier alpha value is -2.08. The Balaban J connectivity index is 1.70. The highest BCUT2D eigenvalue weighted by Gasteiger charge is 2.41. The van der Waals surface area contributed by atoms with Crippen LogP contribution in [0.2, 0.25) is 0 Å². The summed E-state index contributed by atoms with van der Waals surface area (Å²) < 4.78 is 11.1. The van der Waals surface area contributed by atoms with Crippen LogP contribution in [-0.4, -0.2) is 35.6 Å². The second kappa shape index (κ2) is 11.3. The summed E-state index contributed by atoms with van der Waals surface area (Å²) in [6.07, 6.45) is 12.1. The first-order valence-electron chi connectivity index (χ1n) is 14.3. The van der Waals surface area contributed by atoms with Crippen molar-refractivity contribution >= 4 is 0 Å². The van der Waals surface area contributed by atoms with Gasteiger partial charge in [-0.2, -0.15) is 0 Å². The van der Waals surface area contributed by atoms with Gasteiger partial charge in [-0.1, -0.05) is 37.8 Å². The van der Waals surface area contributed by atoms with Gasteiger partial charge in [-0.15, -0.1) is 0 Å². The smallest absolute Gasteiger partial charge is 0.124 e. The van der Waals surface area contributed by atoms with Crippen molar-refractivity contribution in [3.63, 3.8) is 0 Å². The van der Waals surface area contributed by atoms with Crippen molar-refractivity contribution in [2.24, 2.45) is 0 Å². The molecular formula is C32H44O5. The fourth-order valence-corrected chi connectivity index (χ4v) is 7.46. The Morgan fingerprint density at radius 2 is 1.08 bits per heavy atom. The van der Waals surface area contributed by atoms with Crippen LogP contribution in [0.5, 0.6) is 11.5 Å². The van der Waals surface area contributed by atoms with E-state index in [2.05, 4.69) is 24.3 Å². The third-order valence-electron chi connectivity index (χ3n) is 9.54. The first-order chi connectivity index (χ1) is 18.0. The zero-order chi connectivity index (χ0) is 26.0. The lowest BCUT2D eigenvalue weighted by atomic mass is 9.63. The molecule has 5 nitrogen and oxygen atoms in total. The van der Waals surface area contributed by atoms with E-state index in [1.165, 1.54) is 36.8 Å². The number of phenolic OH excluding ortho intramolecular Hbond substituents is 2. The van der Waals surface area contributed by atoms with Crippen LogP contribution in [0.15, 0.2) is 24.3 Å². The number of aromatic hydroxyl groups is 2. The van der Waals surface area contributed by atoms with Crippen LogP contribution >= 0.6 is 0 Å². The standard InChI is InChI=1S/C32H44O5/c1-36-19-23-15-25(17-28(30(23)34)21-7-3-4-8-21)32(13-11-27(33)12-14-32)26-16-24(20-37-2)31(35)29(18-26)22-9-5-6-10-22/h15-18,21-22,27,33-35H,3-14,19-20H2,1-2H3. The lowest BCUT2D eigenvalue weighted by molar-refractivity contribution is 0.106. The zero-order valence-corrected chi connectivity index (χ0v) is 22.6. The molecule has 0 heterocycles. The molecule has 3 aliphatic carbocycles. The van der Waals surface area contributed by atoms with Gasteiger partial charge in [0.05, 0.1) is 19.3 Å². The molecule has 3 saturated carbocycles. The van der Waals surface area contributed by atoms with Crippen molar-refractivity contribution in [2.45, 2.75) is 114 Å². The van der Waals surface area contributed by atoms with Crippen molar-refractivity contribution in [2.75, 3.05) is 14.2 Å². The molecule has 0 atom stereocenters. The van der Waals surface area contributed by atoms with E-state index in [1.807, 2.05) is 0 Å². The number of phenols is 2. The Kier molecular flexibility index (Phi) is 8.13. The molecule has 5 heteroatoms. The molecule has 0 radical (unpaired) electrons. The minimum atomic E-state index is -0.299. The predicted octanol–water partition coefficient (Wildman–Crippen LogP) is 6.93. The van der Waals surface area contributed by atoms with Gasteiger partial charge in [0.2, 0.25) is 0 Å². The van der Waals surface area contributed by atoms with Crippen LogP contribution in [0.25, 0.3) is 0 Å². The molecule has 0 bridgehead atoms. The van der Waals surface area contributed by atoms with Gasteiger partial charge < -0.3 is 24.8 Å². The highest BCUT2D eigenvalue weighted by atomic mass is 16.5. The topological polar surface area (TPSA) is 79.2 Å². The molecule has 0 aliphatic heterocycles. The van der Waals surface area contributed by atoms with Gasteiger partial charge in [-0.3, -0.25) is 0 Å². The molecule has 3 fully saturated rings. The molecule has 202 valence electrons. The fraction of sp³-hybridized carbons (Fsp3) is 0.625. The van der Waals surface area contributed by atoms with Gasteiger partial charge in [0.15, 0.2) is 0 Å². The maximum absolute atomic E-state index is 11.3. The average Bonchev–Trinajstić information content (AvgIpc) is 3.62. The zero-order valence-electron chi connectivity index (χ0n) is 22.6. The third-order valence-corrected chi connectivity index (χ3v) is 9.54. The van der Waals surface area contributed by atoms with E-state index in [-0.39, 0.29) is 11.5 Å². The van der Waals surface area contributed by atoms with E-state index >= 15 is 0 Å². The number of ether oxygens (including phenoxy) is 2. The SMILES string of the molecule is COCc1cc(C2(c3cc(COC)c(O)c(C4CCCC4)c3)CCC(O)CC2)cc(C2CCCC2)c1O. The van der Waals surface area contributed by atoms with Crippen molar-refractivity contribution in [3.05, 3.63) is 57.6 Å². The second-order valence-electron chi connectivity index (χ2n) is 11.8. The average molecular weight is 509 g/mol. The molecule has 0 amide bonds. The summed E-state index contributed by atoms with van der Waals surface area (Å²) in [7, 11) is 3.36. The Morgan fingerprint density at radius 3 is 1.46 bits per heavy atom. The molecule has 0 unspecified atom stereocenters. The molecule has 2 aromatic rings. The van der Waals surface area contributed by atoms with Crippen molar-refractivity contribution in [3.8, 4) is 11.5 Å². The van der Waals surface area contributed by atoms with E-state index in [4.69, 9.17) is 9.47 Å². The summed E-state index contributed by atoms with van der Waals surface area (Å²) in [4.78, 5) is 0. The number of rotatable bonds is 8. The molecular weight excluding hydrogens is 464 g/mol. The lowest BCUT2D eigenvalue weighted by Gasteiger charge is -2.41. The van der Waals surface area contributed by atoms with Crippen LogP contribution in [0.3, 0.4) is 0 Å². The molecule has 2 aromatic carbocycles. The fourth-order valence-electron chi connectivity index (χ4n) is 7.46. The second-order valence-corrected chi connectivity index (χ2v) is 11.8.